The van der Waals surface area contributed by atoms with E-state index in [0.717, 1.165) is 23.4 Å². The molecular formula is C17H22N4O2. The smallest absolute Gasteiger partial charge is 0.318 e. The maximum Gasteiger partial charge on any atom is 0.318 e. The van der Waals surface area contributed by atoms with E-state index in [0.29, 0.717) is 19.7 Å². The van der Waals surface area contributed by atoms with Crippen molar-refractivity contribution in [3.05, 3.63) is 47.8 Å². The largest absolute Gasteiger partial charge is 0.491 e. The molecule has 1 aromatic heterocycles. The van der Waals surface area contributed by atoms with Gasteiger partial charge in [-0.1, -0.05) is 18.2 Å². The lowest BCUT2D eigenvalue weighted by molar-refractivity contribution is 0.156. The summed E-state index contributed by atoms with van der Waals surface area (Å²) in [7, 11) is 0. The van der Waals surface area contributed by atoms with Gasteiger partial charge in [0.25, 0.3) is 0 Å². The van der Waals surface area contributed by atoms with Crippen molar-refractivity contribution in [3.63, 3.8) is 0 Å². The zero-order valence-corrected chi connectivity index (χ0v) is 13.5. The Morgan fingerprint density at radius 2 is 2.26 bits per heavy atom. The first kappa shape index (κ1) is 15.4. The van der Waals surface area contributed by atoms with Gasteiger partial charge in [-0.3, -0.25) is 4.68 Å². The number of amides is 2. The third-order valence-electron chi connectivity index (χ3n) is 4.04. The summed E-state index contributed by atoms with van der Waals surface area (Å²) in [6.07, 6.45) is 3.73. The van der Waals surface area contributed by atoms with Crippen LogP contribution in [-0.2, 0) is 19.6 Å². The predicted octanol–water partition coefficient (Wildman–Crippen LogP) is 2.40. The number of carbonyl (C=O) groups is 1. The summed E-state index contributed by atoms with van der Waals surface area (Å²) in [6.45, 7) is 6.39. The van der Waals surface area contributed by atoms with E-state index in [1.54, 1.807) is 6.20 Å². The molecule has 3 rings (SSSR count). The number of aryl methyl sites for hydroxylation is 1. The maximum atomic E-state index is 12.6. The normalized spacial score (nSPS) is 17.1. The highest BCUT2D eigenvalue weighted by Gasteiger charge is 2.25. The zero-order valence-electron chi connectivity index (χ0n) is 13.5. The lowest BCUT2D eigenvalue weighted by atomic mass is 10.2. The zero-order chi connectivity index (χ0) is 16.2. The molecule has 2 amide bonds. The molecule has 23 heavy (non-hydrogen) atoms. The molecule has 0 spiro atoms. The quantitative estimate of drug-likeness (QED) is 0.946. The Kier molecular flexibility index (Phi) is 4.50. The Bertz CT molecular complexity index is 683. The van der Waals surface area contributed by atoms with Crippen LogP contribution in [0, 0.1) is 0 Å². The van der Waals surface area contributed by atoms with Crippen LogP contribution in [0.5, 0.6) is 5.75 Å². The van der Waals surface area contributed by atoms with Crippen molar-refractivity contribution in [2.45, 2.75) is 39.5 Å². The third kappa shape index (κ3) is 3.47. The summed E-state index contributed by atoms with van der Waals surface area (Å²) < 4.78 is 7.63. The standard InChI is InChI=1S/C17H22N4O2/c1-3-20-10-14(9-19-20)8-18-17(22)21-11-15-6-4-5-7-16(15)23-12-13(21)2/h4-7,9-10,13H,3,8,11-12H2,1-2H3,(H,18,22). The van der Waals surface area contributed by atoms with Gasteiger partial charge < -0.3 is 15.0 Å². The Balaban J connectivity index is 1.66. The highest BCUT2D eigenvalue weighted by molar-refractivity contribution is 5.74. The van der Waals surface area contributed by atoms with E-state index in [4.69, 9.17) is 4.74 Å². The molecule has 0 radical (unpaired) electrons. The molecule has 1 aliphatic rings. The van der Waals surface area contributed by atoms with Crippen molar-refractivity contribution in [2.24, 2.45) is 0 Å². The number of para-hydroxylation sites is 1. The molecule has 2 heterocycles. The van der Waals surface area contributed by atoms with Gasteiger partial charge >= 0.3 is 6.03 Å². The molecule has 1 aliphatic heterocycles. The Labute approximate surface area is 136 Å². The van der Waals surface area contributed by atoms with Crippen molar-refractivity contribution < 1.29 is 9.53 Å². The van der Waals surface area contributed by atoms with Crippen molar-refractivity contribution in [3.8, 4) is 5.75 Å². The van der Waals surface area contributed by atoms with Crippen LogP contribution in [0.25, 0.3) is 0 Å². The summed E-state index contributed by atoms with van der Waals surface area (Å²) in [5.74, 6) is 0.860. The van der Waals surface area contributed by atoms with Gasteiger partial charge in [-0.05, 0) is 19.9 Å². The summed E-state index contributed by atoms with van der Waals surface area (Å²) in [5, 5.41) is 7.19. The molecule has 1 atom stereocenters. The van der Waals surface area contributed by atoms with Crippen molar-refractivity contribution in [1.29, 1.82) is 0 Å². The third-order valence-corrected chi connectivity index (χ3v) is 4.04. The highest BCUT2D eigenvalue weighted by Crippen LogP contribution is 2.24. The van der Waals surface area contributed by atoms with E-state index < -0.39 is 0 Å². The second-order valence-electron chi connectivity index (χ2n) is 5.76. The molecule has 122 valence electrons. The minimum Gasteiger partial charge on any atom is -0.491 e. The summed E-state index contributed by atoms with van der Waals surface area (Å²) in [4.78, 5) is 14.4. The summed E-state index contributed by atoms with van der Waals surface area (Å²) in [6, 6.07) is 7.79. The molecule has 6 heteroatoms. The first-order valence-electron chi connectivity index (χ1n) is 7.94. The molecule has 0 saturated carbocycles. The SMILES string of the molecule is CCn1cc(CNC(=O)N2Cc3ccccc3OCC2C)cn1. The summed E-state index contributed by atoms with van der Waals surface area (Å²) in [5.41, 5.74) is 2.03. The number of hydrogen-bond acceptors (Lipinski definition) is 3. The number of fused-ring (bicyclic) bond motifs is 1. The number of hydrogen-bond donors (Lipinski definition) is 1. The molecule has 1 N–H and O–H groups in total. The van der Waals surface area contributed by atoms with Crippen molar-refractivity contribution >= 4 is 6.03 Å². The van der Waals surface area contributed by atoms with E-state index in [2.05, 4.69) is 10.4 Å². The average Bonchev–Trinajstić information content (AvgIpc) is 2.97. The van der Waals surface area contributed by atoms with Gasteiger partial charge in [0.15, 0.2) is 0 Å². The Morgan fingerprint density at radius 3 is 3.04 bits per heavy atom. The van der Waals surface area contributed by atoms with E-state index >= 15 is 0 Å². The maximum absolute atomic E-state index is 12.6. The number of carbonyl (C=O) groups excluding carboxylic acids is 1. The van der Waals surface area contributed by atoms with E-state index in [9.17, 15) is 4.79 Å². The van der Waals surface area contributed by atoms with Crippen LogP contribution in [0.1, 0.15) is 25.0 Å². The minimum atomic E-state index is -0.0814. The number of ether oxygens (including phenoxy) is 1. The molecule has 6 nitrogen and oxygen atoms in total. The molecular weight excluding hydrogens is 292 g/mol. The van der Waals surface area contributed by atoms with Gasteiger partial charge in [0.05, 0.1) is 18.8 Å². The van der Waals surface area contributed by atoms with E-state index in [1.807, 2.05) is 53.9 Å². The minimum absolute atomic E-state index is 0.0146. The molecule has 2 aromatic rings. The molecule has 0 aliphatic carbocycles. The van der Waals surface area contributed by atoms with Gasteiger partial charge in [-0.2, -0.15) is 5.10 Å². The second-order valence-corrected chi connectivity index (χ2v) is 5.76. The highest BCUT2D eigenvalue weighted by atomic mass is 16.5. The number of benzene rings is 1. The number of nitrogens with one attached hydrogen (secondary N) is 1. The molecule has 1 unspecified atom stereocenters. The first-order valence-corrected chi connectivity index (χ1v) is 7.94. The second kappa shape index (κ2) is 6.73. The number of aromatic nitrogens is 2. The van der Waals surface area contributed by atoms with Crippen LogP contribution in [-0.4, -0.2) is 33.4 Å². The van der Waals surface area contributed by atoms with Crippen molar-refractivity contribution in [2.75, 3.05) is 6.61 Å². The van der Waals surface area contributed by atoms with Crippen LogP contribution in [0.2, 0.25) is 0 Å². The van der Waals surface area contributed by atoms with Gasteiger partial charge in [0, 0.05) is 30.4 Å². The van der Waals surface area contributed by atoms with Crippen LogP contribution < -0.4 is 10.1 Å². The molecule has 0 bridgehead atoms. The number of rotatable bonds is 3. The first-order chi connectivity index (χ1) is 11.2. The average molecular weight is 314 g/mol. The van der Waals surface area contributed by atoms with Crippen LogP contribution in [0.4, 0.5) is 4.79 Å². The Morgan fingerprint density at radius 1 is 1.43 bits per heavy atom. The van der Waals surface area contributed by atoms with Gasteiger partial charge in [0.2, 0.25) is 0 Å². The van der Waals surface area contributed by atoms with Gasteiger partial charge in [-0.25, -0.2) is 4.79 Å². The number of urea groups is 1. The fourth-order valence-electron chi connectivity index (χ4n) is 2.64. The van der Waals surface area contributed by atoms with E-state index in [1.165, 1.54) is 0 Å². The molecule has 0 saturated heterocycles. The topological polar surface area (TPSA) is 59.4 Å². The van der Waals surface area contributed by atoms with Gasteiger partial charge in [-0.15, -0.1) is 0 Å². The monoisotopic (exact) mass is 314 g/mol. The molecule has 0 fully saturated rings. The van der Waals surface area contributed by atoms with E-state index in [-0.39, 0.29) is 12.1 Å². The van der Waals surface area contributed by atoms with Crippen LogP contribution >= 0.6 is 0 Å². The molecule has 1 aromatic carbocycles. The van der Waals surface area contributed by atoms with Crippen LogP contribution in [0.15, 0.2) is 36.7 Å². The number of nitrogens with zero attached hydrogens (tertiary/aromatic N) is 3. The predicted molar refractivity (Wildman–Crippen MR) is 87.1 cm³/mol. The lowest BCUT2D eigenvalue weighted by Gasteiger charge is -2.26. The summed E-state index contributed by atoms with van der Waals surface area (Å²) >= 11 is 0. The fourth-order valence-corrected chi connectivity index (χ4v) is 2.64. The Hall–Kier alpha value is -2.50. The van der Waals surface area contributed by atoms with Crippen LogP contribution in [0.3, 0.4) is 0 Å². The van der Waals surface area contributed by atoms with Gasteiger partial charge in [0.1, 0.15) is 12.4 Å². The lowest BCUT2D eigenvalue weighted by Crippen LogP contribution is -2.45. The fraction of sp³-hybridized carbons (Fsp3) is 0.412. The van der Waals surface area contributed by atoms with Crippen molar-refractivity contribution in [1.82, 2.24) is 20.0 Å².